The first-order valence-corrected chi connectivity index (χ1v) is 7.01. The van der Waals surface area contributed by atoms with E-state index in [1.807, 2.05) is 19.9 Å². The van der Waals surface area contributed by atoms with Crippen LogP contribution < -0.4 is 11.1 Å². The Hall–Kier alpha value is -0.580. The maximum absolute atomic E-state index is 11.5. The van der Waals surface area contributed by atoms with Gasteiger partial charge in [0.05, 0.1) is 9.88 Å². The van der Waals surface area contributed by atoms with Gasteiger partial charge in [-0.1, -0.05) is 18.5 Å². The van der Waals surface area contributed by atoms with E-state index in [-0.39, 0.29) is 11.9 Å². The Balaban J connectivity index is 2.18. The van der Waals surface area contributed by atoms with Gasteiger partial charge in [0.25, 0.3) is 0 Å². The molecule has 2 atom stereocenters. The van der Waals surface area contributed by atoms with Crippen LogP contribution in [-0.4, -0.2) is 11.4 Å². The molecule has 1 aromatic heterocycles. The van der Waals surface area contributed by atoms with E-state index in [4.69, 9.17) is 17.3 Å². The molecule has 1 aliphatic rings. The summed E-state index contributed by atoms with van der Waals surface area (Å²) < 4.78 is 0.818. The van der Waals surface area contributed by atoms with Crippen LogP contribution in [0.2, 0.25) is 4.34 Å². The smallest absolute Gasteiger partial charge is 0.237 e. The molecule has 1 heterocycles. The highest BCUT2D eigenvalue weighted by Gasteiger charge is 2.35. The number of primary amides is 1. The molecule has 0 radical (unpaired) electrons. The van der Waals surface area contributed by atoms with Gasteiger partial charge in [-0.2, -0.15) is 0 Å². The Labute approximate surface area is 110 Å². The Kier molecular flexibility index (Phi) is 3.48. The first kappa shape index (κ1) is 12.9. The summed E-state index contributed by atoms with van der Waals surface area (Å²) in [6, 6.07) is 2.20. The summed E-state index contributed by atoms with van der Waals surface area (Å²) >= 11 is 7.64. The van der Waals surface area contributed by atoms with Gasteiger partial charge in [0, 0.05) is 10.9 Å². The van der Waals surface area contributed by atoms with Crippen LogP contribution >= 0.6 is 22.9 Å². The van der Waals surface area contributed by atoms with Gasteiger partial charge in [-0.3, -0.25) is 10.1 Å². The zero-order chi connectivity index (χ0) is 12.6. The van der Waals surface area contributed by atoms with Crippen LogP contribution in [0.3, 0.4) is 0 Å². The van der Waals surface area contributed by atoms with Gasteiger partial charge < -0.3 is 5.73 Å². The van der Waals surface area contributed by atoms with Crippen LogP contribution in [0.25, 0.3) is 0 Å². The van der Waals surface area contributed by atoms with E-state index in [0.717, 1.165) is 17.2 Å². The third kappa shape index (κ3) is 2.34. The molecule has 3 N–H and O–H groups in total. The minimum Gasteiger partial charge on any atom is -0.368 e. The molecule has 2 unspecified atom stereocenters. The largest absolute Gasteiger partial charge is 0.368 e. The summed E-state index contributed by atoms with van der Waals surface area (Å²) in [7, 11) is 0. The molecule has 0 bridgehead atoms. The fraction of sp³-hybridized carbons (Fsp3) is 0.583. The summed E-state index contributed by atoms with van der Waals surface area (Å²) in [5, 5.41) is 3.38. The van der Waals surface area contributed by atoms with E-state index in [9.17, 15) is 4.79 Å². The minimum absolute atomic E-state index is 0.200. The lowest BCUT2D eigenvalue weighted by atomic mass is 9.95. The fourth-order valence-corrected chi connectivity index (χ4v) is 3.57. The van der Waals surface area contributed by atoms with Crippen LogP contribution in [0.1, 0.15) is 43.2 Å². The summed E-state index contributed by atoms with van der Waals surface area (Å²) in [6.07, 6.45) is 2.73. The number of aryl methyl sites for hydroxylation is 1. The molecule has 0 saturated heterocycles. The maximum Gasteiger partial charge on any atom is 0.237 e. The summed E-state index contributed by atoms with van der Waals surface area (Å²) in [4.78, 5) is 12.8. The molecule has 0 spiro atoms. The molecule has 0 fully saturated rings. The van der Waals surface area contributed by atoms with Crippen LogP contribution in [0.5, 0.6) is 0 Å². The highest BCUT2D eigenvalue weighted by atomic mass is 35.5. The van der Waals surface area contributed by atoms with Crippen molar-refractivity contribution in [2.45, 2.75) is 44.7 Å². The molecule has 1 aromatic rings. The van der Waals surface area contributed by atoms with Crippen molar-refractivity contribution in [3.05, 3.63) is 20.8 Å². The second kappa shape index (κ2) is 4.59. The van der Waals surface area contributed by atoms with Crippen LogP contribution in [0.15, 0.2) is 6.07 Å². The van der Waals surface area contributed by atoms with Gasteiger partial charge in [0.15, 0.2) is 0 Å². The Morgan fingerprint density at radius 1 is 1.76 bits per heavy atom. The van der Waals surface area contributed by atoms with Gasteiger partial charge in [-0.05, 0) is 37.8 Å². The highest BCUT2D eigenvalue weighted by Crippen LogP contribution is 2.40. The van der Waals surface area contributed by atoms with Gasteiger partial charge >= 0.3 is 0 Å². The number of halogens is 1. The Bertz CT molecular complexity index is 446. The molecule has 94 valence electrons. The quantitative estimate of drug-likeness (QED) is 0.885. The van der Waals surface area contributed by atoms with Gasteiger partial charge in [0.2, 0.25) is 5.91 Å². The SMILES string of the molecule is CCC(C)(NC1CCc2sc(Cl)cc21)C(N)=O. The molecule has 0 aliphatic heterocycles. The molecular weight excluding hydrogens is 256 g/mol. The first-order valence-electron chi connectivity index (χ1n) is 5.82. The van der Waals surface area contributed by atoms with E-state index in [0.29, 0.717) is 6.42 Å². The average molecular weight is 273 g/mol. The molecule has 0 aromatic carbocycles. The zero-order valence-corrected chi connectivity index (χ0v) is 11.6. The summed E-state index contributed by atoms with van der Waals surface area (Å²) in [5.74, 6) is -0.297. The Morgan fingerprint density at radius 3 is 3.06 bits per heavy atom. The minimum atomic E-state index is -0.638. The molecule has 3 nitrogen and oxygen atoms in total. The summed E-state index contributed by atoms with van der Waals surface area (Å²) in [6.45, 7) is 3.83. The molecular formula is C12H17ClN2OS. The van der Waals surface area contributed by atoms with Gasteiger partial charge in [-0.15, -0.1) is 11.3 Å². The van der Waals surface area contributed by atoms with E-state index in [1.165, 1.54) is 10.4 Å². The molecule has 5 heteroatoms. The monoisotopic (exact) mass is 272 g/mol. The lowest BCUT2D eigenvalue weighted by molar-refractivity contribution is -0.124. The number of carbonyl (C=O) groups is 1. The number of hydrogen-bond donors (Lipinski definition) is 2. The lowest BCUT2D eigenvalue weighted by Gasteiger charge is -2.30. The van der Waals surface area contributed by atoms with Crippen molar-refractivity contribution in [2.75, 3.05) is 0 Å². The molecule has 0 saturated carbocycles. The van der Waals surface area contributed by atoms with Crippen LogP contribution in [0.4, 0.5) is 0 Å². The van der Waals surface area contributed by atoms with Crippen molar-refractivity contribution < 1.29 is 4.79 Å². The molecule has 1 amide bonds. The zero-order valence-electron chi connectivity index (χ0n) is 10.0. The second-order valence-corrected chi connectivity index (χ2v) is 6.48. The van der Waals surface area contributed by atoms with Gasteiger partial charge in [-0.25, -0.2) is 0 Å². The standard InChI is InChI=1S/C12H17ClN2OS/c1-3-12(2,11(14)16)15-8-4-5-9-7(8)6-10(13)17-9/h6,8,15H,3-5H2,1-2H3,(H2,14,16). The predicted molar refractivity (Wildman–Crippen MR) is 71.4 cm³/mol. The van der Waals surface area contributed by atoms with Crippen molar-refractivity contribution in [3.63, 3.8) is 0 Å². The average Bonchev–Trinajstić information content (AvgIpc) is 2.79. The fourth-order valence-electron chi connectivity index (χ4n) is 2.21. The van der Waals surface area contributed by atoms with Crippen molar-refractivity contribution in [2.24, 2.45) is 5.73 Å². The number of nitrogens with one attached hydrogen (secondary N) is 1. The van der Waals surface area contributed by atoms with Crippen molar-refractivity contribution >= 4 is 28.8 Å². The number of carbonyl (C=O) groups excluding carboxylic acids is 1. The topological polar surface area (TPSA) is 55.1 Å². The van der Waals surface area contributed by atoms with Crippen LogP contribution in [-0.2, 0) is 11.2 Å². The van der Waals surface area contributed by atoms with E-state index in [2.05, 4.69) is 5.32 Å². The lowest BCUT2D eigenvalue weighted by Crippen LogP contribution is -2.53. The molecule has 2 rings (SSSR count). The maximum atomic E-state index is 11.5. The number of amides is 1. The van der Waals surface area contributed by atoms with E-state index < -0.39 is 5.54 Å². The highest BCUT2D eigenvalue weighted by molar-refractivity contribution is 7.16. The third-order valence-corrected chi connectivity index (χ3v) is 4.93. The van der Waals surface area contributed by atoms with Crippen molar-refractivity contribution in [1.29, 1.82) is 0 Å². The normalized spacial score (nSPS) is 22.2. The van der Waals surface area contributed by atoms with E-state index in [1.54, 1.807) is 11.3 Å². The predicted octanol–water partition coefficient (Wildman–Crippen LogP) is 2.63. The number of fused-ring (bicyclic) bond motifs is 1. The van der Waals surface area contributed by atoms with E-state index >= 15 is 0 Å². The van der Waals surface area contributed by atoms with Crippen LogP contribution in [0, 0.1) is 0 Å². The first-order chi connectivity index (χ1) is 7.96. The third-order valence-electron chi connectivity index (χ3n) is 3.59. The second-order valence-electron chi connectivity index (χ2n) is 4.71. The molecule has 1 aliphatic carbocycles. The number of hydrogen-bond acceptors (Lipinski definition) is 3. The summed E-state index contributed by atoms with van der Waals surface area (Å²) in [5.41, 5.74) is 6.06. The van der Waals surface area contributed by atoms with Crippen molar-refractivity contribution in [3.8, 4) is 0 Å². The molecule has 17 heavy (non-hydrogen) atoms. The van der Waals surface area contributed by atoms with Crippen molar-refractivity contribution in [1.82, 2.24) is 5.32 Å². The van der Waals surface area contributed by atoms with Gasteiger partial charge in [0.1, 0.15) is 0 Å². The Morgan fingerprint density at radius 2 is 2.47 bits per heavy atom. The number of rotatable bonds is 4. The number of nitrogens with two attached hydrogens (primary N) is 1. The number of thiophene rings is 1.